The molecule has 0 aliphatic rings. The van der Waals surface area contributed by atoms with Crippen molar-refractivity contribution in [1.82, 2.24) is 15.4 Å². The SMILES string of the molecule is Cc1cc(CN(C)C(=O)NCC(CCO)c2ccccc2)no1. The van der Waals surface area contributed by atoms with Crippen LogP contribution in [0.15, 0.2) is 40.9 Å². The van der Waals surface area contributed by atoms with Crippen LogP contribution in [-0.2, 0) is 6.54 Å². The van der Waals surface area contributed by atoms with Gasteiger partial charge in [0.25, 0.3) is 0 Å². The molecule has 2 N–H and O–H groups in total. The number of amides is 2. The Bertz CT molecular complexity index is 613. The molecule has 0 saturated heterocycles. The van der Waals surface area contributed by atoms with Gasteiger partial charge in [-0.25, -0.2) is 4.79 Å². The Kier molecular flexibility index (Phi) is 6.17. The van der Waals surface area contributed by atoms with Crippen LogP contribution >= 0.6 is 0 Å². The summed E-state index contributed by atoms with van der Waals surface area (Å²) in [6.45, 7) is 2.77. The van der Waals surface area contributed by atoms with Crippen molar-refractivity contribution in [2.24, 2.45) is 0 Å². The van der Waals surface area contributed by atoms with Gasteiger partial charge in [0.2, 0.25) is 0 Å². The van der Waals surface area contributed by atoms with Crippen LogP contribution in [0.1, 0.15) is 29.4 Å². The summed E-state index contributed by atoms with van der Waals surface area (Å²) in [5.74, 6) is 0.814. The molecule has 0 fully saturated rings. The minimum absolute atomic E-state index is 0.0868. The van der Waals surface area contributed by atoms with Gasteiger partial charge in [-0.3, -0.25) is 0 Å². The Morgan fingerprint density at radius 1 is 1.39 bits per heavy atom. The molecule has 6 nitrogen and oxygen atoms in total. The average molecular weight is 317 g/mol. The summed E-state index contributed by atoms with van der Waals surface area (Å²) in [6, 6.07) is 11.5. The van der Waals surface area contributed by atoms with E-state index in [0.29, 0.717) is 19.5 Å². The maximum absolute atomic E-state index is 12.2. The van der Waals surface area contributed by atoms with Crippen molar-refractivity contribution in [3.05, 3.63) is 53.4 Å². The lowest BCUT2D eigenvalue weighted by Gasteiger charge is -2.21. The Labute approximate surface area is 136 Å². The number of urea groups is 1. The summed E-state index contributed by atoms with van der Waals surface area (Å²) in [7, 11) is 1.71. The zero-order valence-corrected chi connectivity index (χ0v) is 13.5. The lowest BCUT2D eigenvalue weighted by Crippen LogP contribution is -2.39. The van der Waals surface area contributed by atoms with Gasteiger partial charge in [-0.05, 0) is 18.9 Å². The van der Waals surface area contributed by atoms with E-state index in [1.165, 1.54) is 0 Å². The highest BCUT2D eigenvalue weighted by atomic mass is 16.5. The number of hydrogen-bond acceptors (Lipinski definition) is 4. The Morgan fingerprint density at radius 2 is 2.13 bits per heavy atom. The number of aromatic nitrogens is 1. The van der Waals surface area contributed by atoms with E-state index in [1.807, 2.05) is 43.3 Å². The molecule has 6 heteroatoms. The number of benzene rings is 1. The first-order chi connectivity index (χ1) is 11.1. The second-order valence-electron chi connectivity index (χ2n) is 5.59. The van der Waals surface area contributed by atoms with E-state index in [2.05, 4.69) is 10.5 Å². The average Bonchev–Trinajstić information content (AvgIpc) is 2.96. The van der Waals surface area contributed by atoms with E-state index in [-0.39, 0.29) is 18.6 Å². The molecule has 1 atom stereocenters. The molecule has 0 aliphatic carbocycles. The maximum Gasteiger partial charge on any atom is 0.317 e. The van der Waals surface area contributed by atoms with Gasteiger partial charge in [-0.15, -0.1) is 0 Å². The van der Waals surface area contributed by atoms with Crippen LogP contribution in [0.25, 0.3) is 0 Å². The van der Waals surface area contributed by atoms with Crippen molar-refractivity contribution in [3.8, 4) is 0 Å². The third kappa shape index (κ3) is 5.10. The first-order valence-corrected chi connectivity index (χ1v) is 7.67. The van der Waals surface area contributed by atoms with E-state index in [1.54, 1.807) is 11.9 Å². The standard InChI is InChI=1S/C17H23N3O3/c1-13-10-16(19-23-13)12-20(2)17(22)18-11-15(8-9-21)14-6-4-3-5-7-14/h3-7,10,15,21H,8-9,11-12H2,1-2H3,(H,18,22). The first-order valence-electron chi connectivity index (χ1n) is 7.67. The molecule has 23 heavy (non-hydrogen) atoms. The molecular weight excluding hydrogens is 294 g/mol. The van der Waals surface area contributed by atoms with Crippen molar-refractivity contribution < 1.29 is 14.4 Å². The molecule has 1 unspecified atom stereocenters. The van der Waals surface area contributed by atoms with Gasteiger partial charge >= 0.3 is 6.03 Å². The molecule has 0 radical (unpaired) electrons. The quantitative estimate of drug-likeness (QED) is 0.821. The molecular formula is C17H23N3O3. The van der Waals surface area contributed by atoms with Gasteiger partial charge in [-0.1, -0.05) is 35.5 Å². The molecule has 1 aromatic heterocycles. The van der Waals surface area contributed by atoms with Gasteiger partial charge in [-0.2, -0.15) is 0 Å². The van der Waals surface area contributed by atoms with Crippen LogP contribution in [-0.4, -0.2) is 41.4 Å². The maximum atomic E-state index is 12.2. The van der Waals surface area contributed by atoms with Crippen LogP contribution in [0.4, 0.5) is 4.79 Å². The minimum Gasteiger partial charge on any atom is -0.396 e. The second-order valence-corrected chi connectivity index (χ2v) is 5.59. The fourth-order valence-corrected chi connectivity index (χ4v) is 2.42. The summed E-state index contributed by atoms with van der Waals surface area (Å²) in [5.41, 5.74) is 1.83. The highest BCUT2D eigenvalue weighted by Crippen LogP contribution is 2.18. The van der Waals surface area contributed by atoms with Gasteiger partial charge < -0.3 is 19.8 Å². The summed E-state index contributed by atoms with van der Waals surface area (Å²) in [6.07, 6.45) is 0.608. The summed E-state index contributed by atoms with van der Waals surface area (Å²) < 4.78 is 5.00. The summed E-state index contributed by atoms with van der Waals surface area (Å²) in [5, 5.41) is 16.0. The molecule has 2 aromatic rings. The molecule has 0 bridgehead atoms. The fraction of sp³-hybridized carbons (Fsp3) is 0.412. The lowest BCUT2D eigenvalue weighted by atomic mass is 9.96. The fourth-order valence-electron chi connectivity index (χ4n) is 2.42. The Balaban J connectivity index is 1.88. The van der Waals surface area contributed by atoms with Crippen molar-refractivity contribution >= 4 is 6.03 Å². The zero-order chi connectivity index (χ0) is 16.7. The monoisotopic (exact) mass is 317 g/mol. The largest absolute Gasteiger partial charge is 0.396 e. The van der Waals surface area contributed by atoms with Crippen molar-refractivity contribution in [2.75, 3.05) is 20.2 Å². The number of aryl methyl sites for hydroxylation is 1. The smallest absolute Gasteiger partial charge is 0.317 e. The molecule has 0 saturated carbocycles. The van der Waals surface area contributed by atoms with Crippen LogP contribution < -0.4 is 5.32 Å². The lowest BCUT2D eigenvalue weighted by molar-refractivity contribution is 0.203. The van der Waals surface area contributed by atoms with Crippen molar-refractivity contribution in [1.29, 1.82) is 0 Å². The Morgan fingerprint density at radius 3 is 2.74 bits per heavy atom. The molecule has 1 heterocycles. The number of aliphatic hydroxyl groups excluding tert-OH is 1. The predicted molar refractivity (Wildman–Crippen MR) is 87.0 cm³/mol. The number of nitrogens with zero attached hydrogens (tertiary/aromatic N) is 2. The van der Waals surface area contributed by atoms with E-state index >= 15 is 0 Å². The molecule has 0 aliphatic heterocycles. The van der Waals surface area contributed by atoms with Crippen molar-refractivity contribution in [3.63, 3.8) is 0 Å². The third-order valence-electron chi connectivity index (χ3n) is 3.67. The van der Waals surface area contributed by atoms with Gasteiger partial charge in [0.05, 0.1) is 6.54 Å². The minimum atomic E-state index is -0.176. The number of carbonyl (C=O) groups excluding carboxylic acids is 1. The highest BCUT2D eigenvalue weighted by Gasteiger charge is 2.15. The van der Waals surface area contributed by atoms with Crippen LogP contribution in [0.5, 0.6) is 0 Å². The summed E-state index contributed by atoms with van der Waals surface area (Å²) >= 11 is 0. The molecule has 2 amide bonds. The molecule has 124 valence electrons. The van der Waals surface area contributed by atoms with Gasteiger partial charge in [0.15, 0.2) is 0 Å². The zero-order valence-electron chi connectivity index (χ0n) is 13.5. The van der Waals surface area contributed by atoms with Crippen LogP contribution in [0.2, 0.25) is 0 Å². The molecule has 2 rings (SSSR count). The van der Waals surface area contributed by atoms with E-state index in [4.69, 9.17) is 4.52 Å². The predicted octanol–water partition coefficient (Wildman–Crippen LogP) is 2.29. The van der Waals surface area contributed by atoms with E-state index in [0.717, 1.165) is 17.0 Å². The van der Waals surface area contributed by atoms with Crippen LogP contribution in [0.3, 0.4) is 0 Å². The number of hydrogen-bond donors (Lipinski definition) is 2. The third-order valence-corrected chi connectivity index (χ3v) is 3.67. The van der Waals surface area contributed by atoms with Gasteiger partial charge in [0.1, 0.15) is 11.5 Å². The normalized spacial score (nSPS) is 12.0. The van der Waals surface area contributed by atoms with Crippen molar-refractivity contribution in [2.45, 2.75) is 25.8 Å². The number of aliphatic hydroxyl groups is 1. The summed E-state index contributed by atoms with van der Waals surface area (Å²) in [4.78, 5) is 13.7. The number of rotatable bonds is 7. The first kappa shape index (κ1) is 17.0. The molecule has 0 spiro atoms. The van der Waals surface area contributed by atoms with E-state index < -0.39 is 0 Å². The number of carbonyl (C=O) groups is 1. The highest BCUT2D eigenvalue weighted by molar-refractivity contribution is 5.73. The second kappa shape index (κ2) is 8.33. The van der Waals surface area contributed by atoms with Gasteiger partial charge in [0, 0.05) is 32.2 Å². The van der Waals surface area contributed by atoms with Crippen LogP contribution in [0, 0.1) is 6.92 Å². The molecule has 1 aromatic carbocycles. The topological polar surface area (TPSA) is 78.6 Å². The van der Waals surface area contributed by atoms with E-state index in [9.17, 15) is 9.90 Å². The Hall–Kier alpha value is -2.34. The number of nitrogens with one attached hydrogen (secondary N) is 1.